The summed E-state index contributed by atoms with van der Waals surface area (Å²) in [5, 5.41) is 7.55. The van der Waals surface area contributed by atoms with Crippen LogP contribution in [-0.2, 0) is 22.3 Å². The molecule has 156 valence electrons. The van der Waals surface area contributed by atoms with Gasteiger partial charge in [-0.15, -0.1) is 11.8 Å². The number of nitrogens with zero attached hydrogens (tertiary/aromatic N) is 3. The van der Waals surface area contributed by atoms with Crippen LogP contribution >= 0.6 is 35.1 Å². The molecule has 2 aromatic carbocycles. The quantitative estimate of drug-likeness (QED) is 0.312. The SMILES string of the molecule is CCn1c(SCc2cc3ccc(SC)cc3nc2Cl)nc2cc(S(N)(=O)=O)ccc21. The molecule has 4 aromatic rings. The van der Waals surface area contributed by atoms with Crippen LogP contribution in [-0.4, -0.2) is 29.2 Å². The van der Waals surface area contributed by atoms with E-state index >= 15 is 0 Å². The van der Waals surface area contributed by atoms with Crippen molar-refractivity contribution in [1.29, 1.82) is 0 Å². The highest BCUT2D eigenvalue weighted by molar-refractivity contribution is 7.98. The van der Waals surface area contributed by atoms with Crippen LogP contribution in [0, 0.1) is 0 Å². The predicted octanol–water partition coefficient (Wildman–Crippen LogP) is 4.92. The maximum atomic E-state index is 11.6. The topological polar surface area (TPSA) is 90.9 Å². The Labute approximate surface area is 188 Å². The maximum absolute atomic E-state index is 11.6. The van der Waals surface area contributed by atoms with Crippen LogP contribution in [0.15, 0.2) is 57.4 Å². The third-order valence-electron chi connectivity index (χ3n) is 4.74. The third-order valence-corrected chi connectivity index (χ3v) is 7.73. The Morgan fingerprint density at radius 3 is 2.60 bits per heavy atom. The second kappa shape index (κ2) is 8.39. The van der Waals surface area contributed by atoms with E-state index < -0.39 is 10.0 Å². The van der Waals surface area contributed by atoms with Crippen LogP contribution in [0.1, 0.15) is 12.5 Å². The lowest BCUT2D eigenvalue weighted by molar-refractivity contribution is 0.598. The fraction of sp³-hybridized carbons (Fsp3) is 0.200. The number of thioether (sulfide) groups is 2. The van der Waals surface area contributed by atoms with Crippen molar-refractivity contribution in [2.24, 2.45) is 5.14 Å². The van der Waals surface area contributed by atoms with Gasteiger partial charge in [0.25, 0.3) is 0 Å². The van der Waals surface area contributed by atoms with Gasteiger partial charge in [0.15, 0.2) is 5.16 Å². The van der Waals surface area contributed by atoms with E-state index in [0.717, 1.165) is 32.0 Å². The van der Waals surface area contributed by atoms with Gasteiger partial charge in [-0.1, -0.05) is 29.4 Å². The van der Waals surface area contributed by atoms with Gasteiger partial charge in [0.1, 0.15) is 5.15 Å². The van der Waals surface area contributed by atoms with E-state index in [4.69, 9.17) is 16.7 Å². The van der Waals surface area contributed by atoms with Crippen molar-refractivity contribution in [2.75, 3.05) is 6.26 Å². The van der Waals surface area contributed by atoms with E-state index in [1.807, 2.05) is 23.8 Å². The van der Waals surface area contributed by atoms with Gasteiger partial charge in [-0.25, -0.2) is 23.5 Å². The highest BCUT2D eigenvalue weighted by Gasteiger charge is 2.15. The minimum Gasteiger partial charge on any atom is -0.319 e. The largest absolute Gasteiger partial charge is 0.319 e. The Hall–Kier alpha value is -1.78. The Morgan fingerprint density at radius 2 is 1.90 bits per heavy atom. The first-order chi connectivity index (χ1) is 14.3. The van der Waals surface area contributed by atoms with Crippen LogP contribution in [0.25, 0.3) is 21.9 Å². The summed E-state index contributed by atoms with van der Waals surface area (Å²) in [7, 11) is -3.77. The standard InChI is InChI=1S/C20H19ClN4O2S3/c1-3-25-18-7-6-15(30(22,26)27)10-17(18)24-20(25)29-11-13-8-12-4-5-14(28-2)9-16(12)23-19(13)21/h4-10H,3,11H2,1-2H3,(H2,22,26,27). The second-order valence-electron chi connectivity index (χ2n) is 6.62. The molecule has 2 N–H and O–H groups in total. The molecule has 0 aliphatic carbocycles. The lowest BCUT2D eigenvalue weighted by atomic mass is 10.2. The summed E-state index contributed by atoms with van der Waals surface area (Å²) >= 11 is 9.65. The van der Waals surface area contributed by atoms with E-state index in [1.54, 1.807) is 17.8 Å². The molecule has 0 aliphatic rings. The smallest absolute Gasteiger partial charge is 0.238 e. The minimum atomic E-state index is -3.77. The van der Waals surface area contributed by atoms with Crippen molar-refractivity contribution >= 4 is 67.1 Å². The van der Waals surface area contributed by atoms with Gasteiger partial charge >= 0.3 is 0 Å². The van der Waals surface area contributed by atoms with Gasteiger partial charge in [-0.05, 0) is 49.6 Å². The van der Waals surface area contributed by atoms with E-state index in [2.05, 4.69) is 28.2 Å². The Balaban J connectivity index is 1.66. The molecule has 6 nitrogen and oxygen atoms in total. The number of sulfonamides is 1. The molecular formula is C20H19ClN4O2S3. The average molecular weight is 479 g/mol. The second-order valence-corrected chi connectivity index (χ2v) is 10.4. The fourth-order valence-corrected chi connectivity index (χ4v) is 5.53. The lowest BCUT2D eigenvalue weighted by Gasteiger charge is -2.08. The molecule has 0 atom stereocenters. The van der Waals surface area contributed by atoms with Crippen LogP contribution in [0.5, 0.6) is 0 Å². The zero-order valence-electron chi connectivity index (χ0n) is 16.3. The number of rotatable bonds is 6. The lowest BCUT2D eigenvalue weighted by Crippen LogP contribution is -2.11. The van der Waals surface area contributed by atoms with Gasteiger partial charge in [0, 0.05) is 28.1 Å². The molecule has 2 heterocycles. The van der Waals surface area contributed by atoms with Crippen molar-refractivity contribution in [2.45, 2.75) is 34.2 Å². The number of hydrogen-bond acceptors (Lipinski definition) is 6. The summed E-state index contributed by atoms with van der Waals surface area (Å²) in [4.78, 5) is 10.4. The Bertz CT molecular complexity index is 1370. The molecule has 0 spiro atoms. The minimum absolute atomic E-state index is 0.0543. The van der Waals surface area contributed by atoms with Gasteiger partial charge in [-0.2, -0.15) is 0 Å². The molecule has 4 rings (SSSR count). The number of benzene rings is 2. The molecule has 0 bridgehead atoms. The summed E-state index contributed by atoms with van der Waals surface area (Å²) in [6.07, 6.45) is 2.03. The Morgan fingerprint density at radius 1 is 1.10 bits per heavy atom. The number of primary sulfonamides is 1. The summed E-state index contributed by atoms with van der Waals surface area (Å²) in [5.74, 6) is 0.595. The van der Waals surface area contributed by atoms with Gasteiger partial charge < -0.3 is 4.57 Å². The van der Waals surface area contributed by atoms with Crippen LogP contribution in [0.4, 0.5) is 0 Å². The molecule has 0 radical (unpaired) electrons. The summed E-state index contributed by atoms with van der Waals surface area (Å²) in [5.41, 5.74) is 3.25. The molecule has 0 saturated carbocycles. The Kier molecular flexibility index (Phi) is 6.00. The predicted molar refractivity (Wildman–Crippen MR) is 125 cm³/mol. The molecule has 0 unspecified atom stereocenters. The highest BCUT2D eigenvalue weighted by Crippen LogP contribution is 2.31. The number of hydrogen-bond donors (Lipinski definition) is 1. The first kappa shape index (κ1) is 21.5. The zero-order chi connectivity index (χ0) is 21.5. The zero-order valence-corrected chi connectivity index (χ0v) is 19.5. The number of imidazole rings is 1. The molecule has 0 amide bonds. The van der Waals surface area contributed by atoms with E-state index in [0.29, 0.717) is 23.0 Å². The van der Waals surface area contributed by atoms with Crippen molar-refractivity contribution < 1.29 is 8.42 Å². The maximum Gasteiger partial charge on any atom is 0.238 e. The average Bonchev–Trinajstić information content (AvgIpc) is 3.07. The van der Waals surface area contributed by atoms with Gasteiger partial charge in [0.2, 0.25) is 10.0 Å². The molecule has 10 heteroatoms. The molecule has 0 fully saturated rings. The number of nitrogens with two attached hydrogens (primary N) is 1. The monoisotopic (exact) mass is 478 g/mol. The van der Waals surface area contributed by atoms with Crippen molar-refractivity contribution in [3.05, 3.63) is 53.2 Å². The fourth-order valence-electron chi connectivity index (χ4n) is 3.22. The molecule has 2 aromatic heterocycles. The highest BCUT2D eigenvalue weighted by atomic mass is 35.5. The summed E-state index contributed by atoms with van der Waals surface area (Å²) in [6, 6.07) is 13.0. The molecule has 0 aliphatic heterocycles. The molecule has 0 saturated heterocycles. The number of fused-ring (bicyclic) bond motifs is 2. The normalized spacial score (nSPS) is 12.1. The van der Waals surface area contributed by atoms with Crippen LogP contribution in [0.2, 0.25) is 5.15 Å². The van der Waals surface area contributed by atoms with Crippen molar-refractivity contribution in [1.82, 2.24) is 14.5 Å². The number of halogens is 1. The van der Waals surface area contributed by atoms with Crippen molar-refractivity contribution in [3.63, 3.8) is 0 Å². The van der Waals surface area contributed by atoms with Gasteiger partial charge in [0.05, 0.1) is 21.4 Å². The van der Waals surface area contributed by atoms with E-state index in [9.17, 15) is 8.42 Å². The van der Waals surface area contributed by atoms with E-state index in [1.165, 1.54) is 23.9 Å². The first-order valence-electron chi connectivity index (χ1n) is 9.09. The molecule has 30 heavy (non-hydrogen) atoms. The number of aromatic nitrogens is 3. The third kappa shape index (κ3) is 4.17. The van der Waals surface area contributed by atoms with Gasteiger partial charge in [-0.3, -0.25) is 0 Å². The summed E-state index contributed by atoms with van der Waals surface area (Å²) in [6.45, 7) is 2.72. The molecular weight excluding hydrogens is 460 g/mol. The number of aryl methyl sites for hydroxylation is 1. The summed E-state index contributed by atoms with van der Waals surface area (Å²) < 4.78 is 25.3. The van der Waals surface area contributed by atoms with Crippen LogP contribution < -0.4 is 5.14 Å². The van der Waals surface area contributed by atoms with Crippen molar-refractivity contribution in [3.8, 4) is 0 Å². The van der Waals surface area contributed by atoms with Crippen LogP contribution in [0.3, 0.4) is 0 Å². The first-order valence-corrected chi connectivity index (χ1v) is 13.2. The number of pyridine rings is 1. The van der Waals surface area contributed by atoms with E-state index in [-0.39, 0.29) is 4.90 Å².